The molecule has 7 nitrogen and oxygen atoms in total. The molecule has 0 bridgehead atoms. The van der Waals surface area contributed by atoms with Gasteiger partial charge in [-0.3, -0.25) is 14.7 Å². The molecule has 1 N–H and O–H groups in total. The van der Waals surface area contributed by atoms with Gasteiger partial charge < -0.3 is 4.74 Å². The lowest BCUT2D eigenvalue weighted by Crippen LogP contribution is -2.12. The van der Waals surface area contributed by atoms with Crippen LogP contribution in [0.1, 0.15) is 5.56 Å². The molecule has 9 heteroatoms. The number of rotatable bonds is 5. The first kappa shape index (κ1) is 19.2. The molecule has 0 aliphatic rings. The number of fused-ring (bicyclic) bond motifs is 1. The van der Waals surface area contributed by atoms with E-state index in [9.17, 15) is 9.59 Å². The van der Waals surface area contributed by atoms with Crippen LogP contribution in [-0.2, 0) is 4.79 Å². The zero-order valence-corrected chi connectivity index (χ0v) is 16.8. The van der Waals surface area contributed by atoms with Crippen molar-refractivity contribution in [1.82, 2.24) is 19.6 Å². The van der Waals surface area contributed by atoms with Crippen LogP contribution in [0, 0.1) is 6.92 Å². The number of hydrogen-bond acceptors (Lipinski definition) is 6. The van der Waals surface area contributed by atoms with Gasteiger partial charge in [0.1, 0.15) is 5.75 Å². The van der Waals surface area contributed by atoms with E-state index in [1.807, 2.05) is 19.1 Å². The van der Waals surface area contributed by atoms with Crippen molar-refractivity contribution < 1.29 is 9.53 Å². The molecule has 0 fully saturated rings. The Morgan fingerprint density at radius 3 is 2.72 bits per heavy atom. The van der Waals surface area contributed by atoms with Crippen LogP contribution >= 0.6 is 23.4 Å². The van der Waals surface area contributed by atoms with Gasteiger partial charge in [-0.25, -0.2) is 14.5 Å². The Morgan fingerprint density at radius 2 is 1.97 bits per heavy atom. The molecule has 146 valence electrons. The van der Waals surface area contributed by atoms with E-state index in [0.29, 0.717) is 27.4 Å². The van der Waals surface area contributed by atoms with Crippen molar-refractivity contribution >= 4 is 35.0 Å². The number of benzene rings is 2. The molecule has 0 radical (unpaired) electrons. The van der Waals surface area contributed by atoms with E-state index in [0.717, 1.165) is 22.9 Å². The second-order valence-corrected chi connectivity index (χ2v) is 7.61. The van der Waals surface area contributed by atoms with Crippen LogP contribution < -0.4 is 10.3 Å². The monoisotopic (exact) mass is 426 g/mol. The number of nitrogens with zero attached hydrogens (tertiary/aromatic N) is 3. The van der Waals surface area contributed by atoms with E-state index in [1.165, 1.54) is 10.6 Å². The molecule has 0 aliphatic heterocycles. The van der Waals surface area contributed by atoms with Crippen molar-refractivity contribution in [2.75, 3.05) is 5.75 Å². The summed E-state index contributed by atoms with van der Waals surface area (Å²) < 4.78 is 6.81. The fourth-order valence-electron chi connectivity index (χ4n) is 2.67. The molecule has 0 unspecified atom stereocenters. The van der Waals surface area contributed by atoms with Crippen LogP contribution in [0.5, 0.6) is 5.75 Å². The van der Waals surface area contributed by atoms with Crippen molar-refractivity contribution in [3.63, 3.8) is 0 Å². The summed E-state index contributed by atoms with van der Waals surface area (Å²) in [5.74, 6) is 0.505. The number of aryl methyl sites for hydroxylation is 1. The fourth-order valence-corrected chi connectivity index (χ4v) is 3.52. The molecule has 4 rings (SSSR count). The summed E-state index contributed by atoms with van der Waals surface area (Å²) in [5.41, 5.74) is 1.84. The first-order valence-corrected chi connectivity index (χ1v) is 10.0. The first-order valence-electron chi connectivity index (χ1n) is 8.64. The number of carbonyl (C=O) groups excluding carboxylic acids is 1. The van der Waals surface area contributed by atoms with E-state index < -0.39 is 5.97 Å². The summed E-state index contributed by atoms with van der Waals surface area (Å²) in [6.45, 7) is 1.92. The lowest BCUT2D eigenvalue weighted by molar-refractivity contribution is -0.131. The van der Waals surface area contributed by atoms with Gasteiger partial charge in [0, 0.05) is 16.7 Å². The van der Waals surface area contributed by atoms with Gasteiger partial charge in [0.15, 0.2) is 16.6 Å². The van der Waals surface area contributed by atoms with Gasteiger partial charge in [0.05, 0.1) is 5.75 Å². The molecular formula is C20H15ClN4O3S. The number of nitrogens with one attached hydrogen (secondary N) is 1. The van der Waals surface area contributed by atoms with Crippen molar-refractivity contribution in [2.45, 2.75) is 12.1 Å². The molecule has 2 heterocycles. The number of halogens is 1. The fraction of sp³-hybridized carbons (Fsp3) is 0.100. The molecule has 2 aromatic carbocycles. The van der Waals surface area contributed by atoms with Crippen LogP contribution in [0.4, 0.5) is 0 Å². The van der Waals surface area contributed by atoms with Gasteiger partial charge in [-0.15, -0.1) is 0 Å². The van der Waals surface area contributed by atoms with Crippen LogP contribution in [0.3, 0.4) is 0 Å². The largest absolute Gasteiger partial charge is 0.426 e. The Balaban J connectivity index is 1.59. The molecule has 0 atom stereocenters. The van der Waals surface area contributed by atoms with Gasteiger partial charge in [-0.2, -0.15) is 0 Å². The third-order valence-electron chi connectivity index (χ3n) is 3.97. The second-order valence-electron chi connectivity index (χ2n) is 6.23. The minimum atomic E-state index is -0.421. The number of carbonyl (C=O) groups is 1. The topological polar surface area (TPSA) is 89.3 Å². The van der Waals surface area contributed by atoms with Crippen molar-refractivity contribution in [3.05, 3.63) is 75.5 Å². The molecule has 4 aromatic rings. The molecule has 0 saturated heterocycles. The Kier molecular flexibility index (Phi) is 5.37. The summed E-state index contributed by atoms with van der Waals surface area (Å²) in [5, 5.41) is 3.66. The van der Waals surface area contributed by atoms with Gasteiger partial charge in [-0.05, 0) is 48.9 Å². The summed E-state index contributed by atoms with van der Waals surface area (Å²) in [6, 6.07) is 15.7. The smallest absolute Gasteiger partial charge is 0.321 e. The number of ether oxygens (including phenoxy) is 1. The SMILES string of the molecule is Cc1cccc(OC(=O)CSc2nc(-c3ccc(Cl)cc3)nc3cc(=O)[nH]n23)c1. The molecule has 2 aromatic heterocycles. The third kappa shape index (κ3) is 4.49. The van der Waals surface area contributed by atoms with Crippen molar-refractivity contribution in [1.29, 1.82) is 0 Å². The maximum Gasteiger partial charge on any atom is 0.321 e. The Bertz CT molecular complexity index is 1250. The molecule has 29 heavy (non-hydrogen) atoms. The van der Waals surface area contributed by atoms with Crippen molar-refractivity contribution in [3.8, 4) is 17.1 Å². The van der Waals surface area contributed by atoms with Crippen LogP contribution in [0.15, 0.2) is 64.5 Å². The number of esters is 1. The maximum absolute atomic E-state index is 12.2. The van der Waals surface area contributed by atoms with Crippen LogP contribution in [0.25, 0.3) is 17.0 Å². The summed E-state index contributed by atoms with van der Waals surface area (Å²) in [6.07, 6.45) is 0. The number of thioether (sulfide) groups is 1. The van der Waals surface area contributed by atoms with Crippen molar-refractivity contribution in [2.24, 2.45) is 0 Å². The lowest BCUT2D eigenvalue weighted by atomic mass is 10.2. The molecular weight excluding hydrogens is 412 g/mol. The first-order chi connectivity index (χ1) is 14.0. The predicted octanol–water partition coefficient (Wildman–Crippen LogP) is 3.74. The Labute approximate surface area is 174 Å². The van der Waals surface area contributed by atoms with E-state index in [2.05, 4.69) is 15.1 Å². The van der Waals surface area contributed by atoms with E-state index in [4.69, 9.17) is 16.3 Å². The minimum absolute atomic E-state index is 0.0142. The quantitative estimate of drug-likeness (QED) is 0.297. The maximum atomic E-state index is 12.2. The zero-order chi connectivity index (χ0) is 20.4. The average Bonchev–Trinajstić information content (AvgIpc) is 3.07. The summed E-state index contributed by atoms with van der Waals surface area (Å²) in [4.78, 5) is 32.9. The van der Waals surface area contributed by atoms with E-state index in [-0.39, 0.29) is 11.3 Å². The number of aromatic nitrogens is 4. The number of H-pyrrole nitrogens is 1. The van der Waals surface area contributed by atoms with Gasteiger partial charge in [0.25, 0.3) is 5.56 Å². The highest BCUT2D eigenvalue weighted by Gasteiger charge is 2.14. The van der Waals surface area contributed by atoms with Crippen LogP contribution in [0.2, 0.25) is 5.02 Å². The third-order valence-corrected chi connectivity index (χ3v) is 5.13. The second kappa shape index (κ2) is 8.10. The van der Waals surface area contributed by atoms with Gasteiger partial charge in [0.2, 0.25) is 0 Å². The molecule has 0 saturated carbocycles. The zero-order valence-electron chi connectivity index (χ0n) is 15.3. The van der Waals surface area contributed by atoms with E-state index in [1.54, 1.807) is 36.4 Å². The highest BCUT2D eigenvalue weighted by atomic mass is 35.5. The average molecular weight is 427 g/mol. The van der Waals surface area contributed by atoms with E-state index >= 15 is 0 Å². The Hall–Kier alpha value is -3.10. The predicted molar refractivity (Wildman–Crippen MR) is 112 cm³/mol. The lowest BCUT2D eigenvalue weighted by Gasteiger charge is -2.08. The standard InChI is InChI=1S/C20H15ClN4O3S/c1-12-3-2-4-15(9-12)28-18(27)11-29-20-23-19(13-5-7-14(21)8-6-13)22-16-10-17(26)24-25(16)20/h2-10H,11H2,1H3,(H,24,26). The normalized spacial score (nSPS) is 11.0. The molecule has 0 aliphatic carbocycles. The Morgan fingerprint density at radius 1 is 1.17 bits per heavy atom. The number of hydrogen-bond donors (Lipinski definition) is 1. The van der Waals surface area contributed by atoms with Crippen LogP contribution in [-0.4, -0.2) is 31.3 Å². The minimum Gasteiger partial charge on any atom is -0.426 e. The molecule has 0 amide bonds. The van der Waals surface area contributed by atoms with Gasteiger partial charge >= 0.3 is 5.97 Å². The number of aromatic amines is 1. The highest BCUT2D eigenvalue weighted by molar-refractivity contribution is 7.99. The summed E-state index contributed by atoms with van der Waals surface area (Å²) in [7, 11) is 0. The molecule has 0 spiro atoms. The summed E-state index contributed by atoms with van der Waals surface area (Å²) >= 11 is 7.09. The highest BCUT2D eigenvalue weighted by Crippen LogP contribution is 2.23. The van der Waals surface area contributed by atoms with Gasteiger partial charge in [-0.1, -0.05) is 35.5 Å².